The smallest absolute Gasteiger partial charge is 0.264 e. The van der Waals surface area contributed by atoms with Crippen molar-refractivity contribution < 1.29 is 13.2 Å². The third-order valence-corrected chi connectivity index (χ3v) is 6.87. The normalized spacial score (nSPS) is 11.2. The van der Waals surface area contributed by atoms with Crippen LogP contribution in [0, 0.1) is 0 Å². The highest BCUT2D eigenvalue weighted by Gasteiger charge is 2.25. The van der Waals surface area contributed by atoms with E-state index in [-0.39, 0.29) is 29.9 Å². The van der Waals surface area contributed by atoms with E-state index in [0.717, 1.165) is 0 Å². The summed E-state index contributed by atoms with van der Waals surface area (Å²) in [7, 11) is -3.67. The quantitative estimate of drug-likeness (QED) is 0.447. The van der Waals surface area contributed by atoms with E-state index in [2.05, 4.69) is 18.1 Å². The van der Waals surface area contributed by atoms with Gasteiger partial charge in [0.15, 0.2) is 0 Å². The molecule has 1 aromatic carbocycles. The second kappa shape index (κ2) is 9.69. The lowest BCUT2D eigenvalue weighted by molar-refractivity contribution is 0.0764. The summed E-state index contributed by atoms with van der Waals surface area (Å²) in [5.74, 6) is -0.281. The number of benzene rings is 1. The van der Waals surface area contributed by atoms with Crippen LogP contribution in [0.5, 0.6) is 0 Å². The van der Waals surface area contributed by atoms with E-state index in [0.29, 0.717) is 22.7 Å². The number of carbonyl (C=O) groups excluding carboxylic acids is 1. The van der Waals surface area contributed by atoms with Gasteiger partial charge in [0.1, 0.15) is 0 Å². The minimum absolute atomic E-state index is 0.0246. The molecule has 0 aliphatic carbocycles. The van der Waals surface area contributed by atoms with E-state index in [1.807, 2.05) is 17.5 Å². The van der Waals surface area contributed by atoms with Crippen molar-refractivity contribution in [2.24, 2.45) is 0 Å². The first-order valence-corrected chi connectivity index (χ1v) is 11.8. The molecule has 0 fully saturated rings. The molecular formula is C22H23N3O3S2. The standard InChI is InChI=1S/C22H23N3O3S2/c1-3-12-24(21(26)20-11-8-14-29-20)16-19-15-23-22(25(19)13-4-2)30(27,28)17-18-9-6-5-7-10-18/h3-11,14-15H,1-2,12-13,16-17H2. The number of allylic oxidation sites excluding steroid dienone is 1. The van der Waals surface area contributed by atoms with Gasteiger partial charge in [0.05, 0.1) is 29.1 Å². The number of hydrogen-bond acceptors (Lipinski definition) is 5. The van der Waals surface area contributed by atoms with Crippen LogP contribution in [0.25, 0.3) is 0 Å². The van der Waals surface area contributed by atoms with Crippen LogP contribution in [-0.2, 0) is 28.7 Å². The average molecular weight is 442 g/mol. The molecule has 30 heavy (non-hydrogen) atoms. The fraction of sp³-hybridized carbons (Fsp3) is 0.182. The number of imidazole rings is 1. The Kier molecular flexibility index (Phi) is 7.02. The topological polar surface area (TPSA) is 72.3 Å². The van der Waals surface area contributed by atoms with Gasteiger partial charge in [-0.3, -0.25) is 4.79 Å². The number of rotatable bonds is 10. The highest BCUT2D eigenvalue weighted by Crippen LogP contribution is 2.20. The molecule has 8 heteroatoms. The Bertz CT molecular complexity index is 1120. The summed E-state index contributed by atoms with van der Waals surface area (Å²) < 4.78 is 27.7. The third-order valence-electron chi connectivity index (χ3n) is 4.41. The zero-order valence-electron chi connectivity index (χ0n) is 16.5. The molecule has 0 saturated heterocycles. The molecule has 3 aromatic rings. The molecule has 0 aliphatic rings. The largest absolute Gasteiger partial charge is 0.328 e. The number of carbonyl (C=O) groups is 1. The molecular weight excluding hydrogens is 418 g/mol. The number of hydrogen-bond donors (Lipinski definition) is 0. The molecule has 0 radical (unpaired) electrons. The summed E-state index contributed by atoms with van der Waals surface area (Å²) in [5, 5.41) is 1.82. The molecule has 0 bridgehead atoms. The van der Waals surface area contributed by atoms with Gasteiger partial charge in [0, 0.05) is 13.1 Å². The SMILES string of the molecule is C=CCN(Cc1cnc(S(=O)(=O)Cc2ccccc2)n1CC=C)C(=O)c1cccs1. The Morgan fingerprint density at radius 1 is 1.13 bits per heavy atom. The van der Waals surface area contributed by atoms with E-state index in [9.17, 15) is 13.2 Å². The lowest BCUT2D eigenvalue weighted by atomic mass is 10.2. The molecule has 0 aliphatic heterocycles. The molecule has 0 N–H and O–H groups in total. The monoisotopic (exact) mass is 441 g/mol. The van der Waals surface area contributed by atoms with Crippen molar-refractivity contribution >= 4 is 27.1 Å². The number of sulfone groups is 1. The lowest BCUT2D eigenvalue weighted by Gasteiger charge is -2.21. The molecule has 156 valence electrons. The Hall–Kier alpha value is -2.97. The van der Waals surface area contributed by atoms with Crippen LogP contribution >= 0.6 is 11.3 Å². The third kappa shape index (κ3) is 4.95. The summed E-state index contributed by atoms with van der Waals surface area (Å²) in [6.45, 7) is 8.29. The van der Waals surface area contributed by atoms with Gasteiger partial charge in [-0.25, -0.2) is 13.4 Å². The van der Waals surface area contributed by atoms with E-state index >= 15 is 0 Å². The highest BCUT2D eigenvalue weighted by molar-refractivity contribution is 7.90. The first kappa shape index (κ1) is 21.7. The zero-order chi connectivity index (χ0) is 21.6. The summed E-state index contributed by atoms with van der Waals surface area (Å²) in [6.07, 6.45) is 4.78. The van der Waals surface area contributed by atoms with Crippen molar-refractivity contribution in [3.8, 4) is 0 Å². The maximum Gasteiger partial charge on any atom is 0.264 e. The molecule has 0 spiro atoms. The van der Waals surface area contributed by atoms with Crippen LogP contribution in [0.4, 0.5) is 0 Å². The summed E-state index contributed by atoms with van der Waals surface area (Å²) in [5.41, 5.74) is 1.31. The van der Waals surface area contributed by atoms with Gasteiger partial charge in [-0.15, -0.1) is 24.5 Å². The van der Waals surface area contributed by atoms with Crippen LogP contribution in [0.2, 0.25) is 0 Å². The fourth-order valence-corrected chi connectivity index (χ4v) is 5.27. The van der Waals surface area contributed by atoms with Gasteiger partial charge in [0.2, 0.25) is 15.0 Å². The maximum absolute atomic E-state index is 13.0. The first-order chi connectivity index (χ1) is 14.5. The van der Waals surface area contributed by atoms with Gasteiger partial charge < -0.3 is 9.47 Å². The Labute approximate surface area is 180 Å². The van der Waals surface area contributed by atoms with E-state index in [1.165, 1.54) is 17.5 Å². The molecule has 1 amide bonds. The number of aromatic nitrogens is 2. The molecule has 3 rings (SSSR count). The van der Waals surface area contributed by atoms with Crippen molar-refractivity contribution in [3.05, 3.63) is 95.5 Å². The summed E-state index contributed by atoms with van der Waals surface area (Å²) in [6, 6.07) is 12.6. The van der Waals surface area contributed by atoms with Gasteiger partial charge in [-0.05, 0) is 17.0 Å². The van der Waals surface area contributed by atoms with Crippen LogP contribution in [-0.4, -0.2) is 35.3 Å². The zero-order valence-corrected chi connectivity index (χ0v) is 18.1. The molecule has 6 nitrogen and oxygen atoms in total. The molecule has 0 atom stereocenters. The Morgan fingerprint density at radius 2 is 1.90 bits per heavy atom. The lowest BCUT2D eigenvalue weighted by Crippen LogP contribution is -2.31. The molecule has 2 aromatic heterocycles. The Morgan fingerprint density at radius 3 is 2.53 bits per heavy atom. The second-order valence-corrected chi connectivity index (χ2v) is 9.46. The molecule has 0 saturated carbocycles. The van der Waals surface area contributed by atoms with Crippen molar-refractivity contribution in [1.29, 1.82) is 0 Å². The van der Waals surface area contributed by atoms with Crippen LogP contribution in [0.3, 0.4) is 0 Å². The van der Waals surface area contributed by atoms with Gasteiger partial charge in [-0.1, -0.05) is 48.6 Å². The van der Waals surface area contributed by atoms with Crippen LogP contribution in [0.15, 0.2) is 84.5 Å². The summed E-state index contributed by atoms with van der Waals surface area (Å²) >= 11 is 1.36. The van der Waals surface area contributed by atoms with Gasteiger partial charge >= 0.3 is 0 Å². The second-order valence-electron chi connectivity index (χ2n) is 6.63. The Balaban J connectivity index is 1.92. The maximum atomic E-state index is 13.0. The van der Waals surface area contributed by atoms with Gasteiger partial charge in [-0.2, -0.15) is 0 Å². The van der Waals surface area contributed by atoms with E-state index in [1.54, 1.807) is 52.0 Å². The number of thiophene rings is 1. The van der Waals surface area contributed by atoms with Crippen molar-refractivity contribution in [1.82, 2.24) is 14.5 Å². The first-order valence-electron chi connectivity index (χ1n) is 9.32. The minimum atomic E-state index is -3.67. The highest BCUT2D eigenvalue weighted by atomic mass is 32.2. The molecule has 2 heterocycles. The predicted molar refractivity (Wildman–Crippen MR) is 119 cm³/mol. The summed E-state index contributed by atoms with van der Waals surface area (Å²) in [4.78, 5) is 19.3. The van der Waals surface area contributed by atoms with Crippen LogP contribution < -0.4 is 0 Å². The fourth-order valence-electron chi connectivity index (χ4n) is 3.08. The van der Waals surface area contributed by atoms with Crippen molar-refractivity contribution in [3.63, 3.8) is 0 Å². The van der Waals surface area contributed by atoms with Crippen LogP contribution in [0.1, 0.15) is 20.9 Å². The van der Waals surface area contributed by atoms with Crippen molar-refractivity contribution in [2.45, 2.75) is 24.0 Å². The van der Waals surface area contributed by atoms with Crippen molar-refractivity contribution in [2.75, 3.05) is 6.54 Å². The minimum Gasteiger partial charge on any atom is -0.328 e. The average Bonchev–Trinajstić information content (AvgIpc) is 3.39. The number of nitrogens with zero attached hydrogens (tertiary/aromatic N) is 3. The van der Waals surface area contributed by atoms with Gasteiger partial charge in [0.25, 0.3) is 5.91 Å². The predicted octanol–water partition coefficient (Wildman–Crippen LogP) is 3.93. The van der Waals surface area contributed by atoms with E-state index < -0.39 is 9.84 Å². The molecule has 0 unspecified atom stereocenters. The van der Waals surface area contributed by atoms with E-state index in [4.69, 9.17) is 0 Å². The number of amides is 1.